The summed E-state index contributed by atoms with van der Waals surface area (Å²) in [5.74, 6) is 0.228. The molecule has 3 N–H and O–H groups in total. The lowest BCUT2D eigenvalue weighted by Crippen LogP contribution is -2.32. The molecule has 0 aromatic heterocycles. The molecule has 0 saturated carbocycles. The molecule has 0 aliphatic heterocycles. The van der Waals surface area contributed by atoms with Crippen molar-refractivity contribution in [2.75, 3.05) is 17.7 Å². The Morgan fingerprint density at radius 2 is 1.78 bits per heavy atom. The van der Waals surface area contributed by atoms with Gasteiger partial charge in [-0.1, -0.05) is 31.2 Å². The maximum Gasteiger partial charge on any atom is 0.250 e. The molecule has 0 aliphatic carbocycles. The minimum absolute atomic E-state index is 0.0792. The number of para-hydroxylation sites is 1. The van der Waals surface area contributed by atoms with Crippen LogP contribution in [-0.2, 0) is 9.59 Å². The molecule has 140 valence electrons. The summed E-state index contributed by atoms with van der Waals surface area (Å²) < 4.78 is 5.23. The van der Waals surface area contributed by atoms with Gasteiger partial charge in [0.15, 0.2) is 5.11 Å². The topological polar surface area (TPSA) is 79.5 Å². The predicted octanol–water partition coefficient (Wildman–Crippen LogP) is 3.57. The van der Waals surface area contributed by atoms with Gasteiger partial charge in [0.2, 0.25) is 11.8 Å². The lowest BCUT2D eigenvalue weighted by Gasteiger charge is -2.10. The monoisotopic (exact) mass is 383 g/mol. The molecule has 0 fully saturated rings. The Morgan fingerprint density at radius 3 is 2.48 bits per heavy atom. The van der Waals surface area contributed by atoms with Crippen LogP contribution >= 0.6 is 12.2 Å². The normalized spacial score (nSPS) is 10.3. The quantitative estimate of drug-likeness (QED) is 0.525. The van der Waals surface area contributed by atoms with E-state index in [-0.39, 0.29) is 16.9 Å². The average molecular weight is 383 g/mol. The fourth-order valence-electron chi connectivity index (χ4n) is 2.21. The van der Waals surface area contributed by atoms with E-state index in [2.05, 4.69) is 16.0 Å². The number of benzene rings is 2. The van der Waals surface area contributed by atoms with E-state index < -0.39 is 0 Å². The highest BCUT2D eigenvalue weighted by molar-refractivity contribution is 7.80. The number of nitrogens with one attached hydrogen (secondary N) is 3. The van der Waals surface area contributed by atoms with Gasteiger partial charge in [0, 0.05) is 29.4 Å². The number of carbonyl (C=O) groups is 2. The highest BCUT2D eigenvalue weighted by Crippen LogP contribution is 2.18. The Bertz CT molecular complexity index is 865. The maximum absolute atomic E-state index is 12.0. The minimum Gasteiger partial charge on any atom is -0.496 e. The molecule has 0 bridgehead atoms. The second kappa shape index (κ2) is 10.1. The number of amides is 2. The average Bonchev–Trinajstić information content (AvgIpc) is 2.66. The first-order valence-electron chi connectivity index (χ1n) is 8.34. The number of rotatable bonds is 6. The van der Waals surface area contributed by atoms with E-state index in [9.17, 15) is 9.59 Å². The van der Waals surface area contributed by atoms with E-state index in [1.165, 1.54) is 6.08 Å². The van der Waals surface area contributed by atoms with Crippen LogP contribution in [0.15, 0.2) is 54.6 Å². The lowest BCUT2D eigenvalue weighted by molar-refractivity contribution is -0.116. The van der Waals surface area contributed by atoms with Crippen molar-refractivity contribution >= 4 is 46.6 Å². The number of carbonyl (C=O) groups excluding carboxylic acids is 2. The van der Waals surface area contributed by atoms with Gasteiger partial charge in [0.05, 0.1) is 7.11 Å². The van der Waals surface area contributed by atoms with Gasteiger partial charge in [0.25, 0.3) is 0 Å². The Hall–Kier alpha value is -3.19. The molecule has 0 atom stereocenters. The van der Waals surface area contributed by atoms with Crippen molar-refractivity contribution in [3.63, 3.8) is 0 Å². The van der Waals surface area contributed by atoms with Crippen LogP contribution in [0.4, 0.5) is 11.4 Å². The fraction of sp³-hybridized carbons (Fsp3) is 0.150. The molecule has 6 nitrogen and oxygen atoms in total. The third-order valence-electron chi connectivity index (χ3n) is 3.52. The Labute approximate surface area is 163 Å². The third kappa shape index (κ3) is 6.56. The summed E-state index contributed by atoms with van der Waals surface area (Å²) in [6.45, 7) is 1.78. The second-order valence-corrected chi connectivity index (χ2v) is 5.91. The number of methoxy groups -OCH3 is 1. The smallest absolute Gasteiger partial charge is 0.250 e. The minimum atomic E-state index is -0.367. The maximum atomic E-state index is 12.0. The van der Waals surface area contributed by atoms with Crippen LogP contribution in [0.25, 0.3) is 6.08 Å². The van der Waals surface area contributed by atoms with Crippen molar-refractivity contribution in [1.29, 1.82) is 0 Å². The first kappa shape index (κ1) is 20.1. The van der Waals surface area contributed by atoms with Gasteiger partial charge in [0.1, 0.15) is 5.75 Å². The van der Waals surface area contributed by atoms with Crippen LogP contribution in [0, 0.1) is 0 Å². The van der Waals surface area contributed by atoms with Gasteiger partial charge in [-0.25, -0.2) is 0 Å². The summed E-state index contributed by atoms with van der Waals surface area (Å²) in [4.78, 5) is 23.5. The van der Waals surface area contributed by atoms with Crippen LogP contribution < -0.4 is 20.7 Å². The van der Waals surface area contributed by atoms with E-state index >= 15 is 0 Å². The van der Waals surface area contributed by atoms with Gasteiger partial charge in [-0.15, -0.1) is 0 Å². The second-order valence-electron chi connectivity index (χ2n) is 5.50. The van der Waals surface area contributed by atoms with E-state index in [1.807, 2.05) is 24.3 Å². The molecule has 0 spiro atoms. The van der Waals surface area contributed by atoms with Crippen molar-refractivity contribution in [1.82, 2.24) is 5.32 Å². The highest BCUT2D eigenvalue weighted by Gasteiger charge is 2.05. The molecular weight excluding hydrogens is 362 g/mol. The molecule has 7 heteroatoms. The summed E-state index contributed by atoms with van der Waals surface area (Å²) >= 11 is 5.16. The number of thiocarbonyl (C=S) groups is 1. The molecule has 2 rings (SSSR count). The lowest BCUT2D eigenvalue weighted by atomic mass is 10.2. The predicted molar refractivity (Wildman–Crippen MR) is 112 cm³/mol. The first-order chi connectivity index (χ1) is 13.0. The number of anilines is 2. The van der Waals surface area contributed by atoms with E-state index in [0.29, 0.717) is 23.5 Å². The molecule has 2 aromatic carbocycles. The van der Waals surface area contributed by atoms with Crippen LogP contribution in [-0.4, -0.2) is 24.0 Å². The zero-order valence-electron chi connectivity index (χ0n) is 15.1. The van der Waals surface area contributed by atoms with Gasteiger partial charge < -0.3 is 15.4 Å². The van der Waals surface area contributed by atoms with Crippen LogP contribution in [0.3, 0.4) is 0 Å². The van der Waals surface area contributed by atoms with Crippen molar-refractivity contribution < 1.29 is 14.3 Å². The van der Waals surface area contributed by atoms with Crippen molar-refractivity contribution in [2.45, 2.75) is 13.3 Å². The van der Waals surface area contributed by atoms with E-state index in [4.69, 9.17) is 17.0 Å². The van der Waals surface area contributed by atoms with Crippen molar-refractivity contribution in [3.05, 3.63) is 60.2 Å². The number of ether oxygens (including phenoxy) is 1. The van der Waals surface area contributed by atoms with Gasteiger partial charge in [-0.3, -0.25) is 14.9 Å². The summed E-state index contributed by atoms with van der Waals surface area (Å²) in [7, 11) is 1.57. The molecule has 0 radical (unpaired) electrons. The number of hydrogen-bond acceptors (Lipinski definition) is 4. The summed E-state index contributed by atoms with van der Waals surface area (Å²) in [6, 6.07) is 14.4. The summed E-state index contributed by atoms with van der Waals surface area (Å²) in [6.07, 6.45) is 3.42. The molecule has 0 unspecified atom stereocenters. The standard InChI is InChI=1S/C20H21N3O3S/c1-3-18(24)21-15-8-6-9-16(13-15)22-20(27)23-19(25)12-11-14-7-4-5-10-17(14)26-2/h4-13H,3H2,1-2H3,(H,21,24)(H2,22,23,25,27)/b12-11+. The zero-order valence-corrected chi connectivity index (χ0v) is 15.9. The summed E-state index contributed by atoms with van der Waals surface area (Å²) in [5, 5.41) is 8.41. The van der Waals surface area contributed by atoms with Crippen LogP contribution in [0.2, 0.25) is 0 Å². The Balaban J connectivity index is 1.93. The largest absolute Gasteiger partial charge is 0.496 e. The van der Waals surface area contributed by atoms with Gasteiger partial charge in [-0.2, -0.15) is 0 Å². The molecule has 27 heavy (non-hydrogen) atoms. The summed E-state index contributed by atoms with van der Waals surface area (Å²) in [5.41, 5.74) is 2.09. The fourth-order valence-corrected chi connectivity index (χ4v) is 2.43. The first-order valence-corrected chi connectivity index (χ1v) is 8.75. The van der Waals surface area contributed by atoms with Gasteiger partial charge >= 0.3 is 0 Å². The third-order valence-corrected chi connectivity index (χ3v) is 3.72. The van der Waals surface area contributed by atoms with Crippen molar-refractivity contribution in [2.24, 2.45) is 0 Å². The molecule has 0 saturated heterocycles. The van der Waals surface area contributed by atoms with Crippen LogP contribution in [0.1, 0.15) is 18.9 Å². The van der Waals surface area contributed by atoms with E-state index in [1.54, 1.807) is 44.4 Å². The SMILES string of the molecule is CCC(=O)Nc1cccc(NC(=S)NC(=O)/C=C/c2ccccc2OC)c1. The molecule has 2 aromatic rings. The number of hydrogen-bond donors (Lipinski definition) is 3. The molecule has 2 amide bonds. The Kier molecular flexibility index (Phi) is 7.51. The van der Waals surface area contributed by atoms with Crippen LogP contribution in [0.5, 0.6) is 5.75 Å². The van der Waals surface area contributed by atoms with Crippen molar-refractivity contribution in [3.8, 4) is 5.75 Å². The van der Waals surface area contributed by atoms with E-state index in [0.717, 1.165) is 5.56 Å². The molecule has 0 aliphatic rings. The Morgan fingerprint density at radius 1 is 1.07 bits per heavy atom. The molecular formula is C20H21N3O3S. The van der Waals surface area contributed by atoms with Gasteiger partial charge in [-0.05, 0) is 42.6 Å². The molecule has 0 heterocycles. The zero-order chi connectivity index (χ0) is 19.6. The highest BCUT2D eigenvalue weighted by atomic mass is 32.1.